The first-order valence-electron chi connectivity index (χ1n) is 9.39. The lowest BCUT2D eigenvalue weighted by Gasteiger charge is -2.45. The minimum absolute atomic E-state index is 0.00862. The molecule has 0 aromatic heterocycles. The maximum absolute atomic E-state index is 13.7. The summed E-state index contributed by atoms with van der Waals surface area (Å²) in [6, 6.07) is 0. The van der Waals surface area contributed by atoms with E-state index < -0.39 is 93.8 Å². The predicted molar refractivity (Wildman–Crippen MR) is 84.5 cm³/mol. The van der Waals surface area contributed by atoms with Gasteiger partial charge >= 0.3 is 70.7 Å². The average Bonchev–Trinajstić information content (AvgIpc) is 2.80. The van der Waals surface area contributed by atoms with Gasteiger partial charge in [-0.15, -0.1) is 0 Å². The summed E-state index contributed by atoms with van der Waals surface area (Å²) < 4.78 is 355. The van der Waals surface area contributed by atoms with Crippen LogP contribution in [0.15, 0.2) is 0 Å². The molecule has 0 aliphatic carbocycles. The van der Waals surface area contributed by atoms with E-state index in [1.165, 1.54) is 0 Å². The van der Waals surface area contributed by atoms with Crippen LogP contribution in [0.5, 0.6) is 0 Å². The van der Waals surface area contributed by atoms with Gasteiger partial charge in [0.2, 0.25) is 0 Å². The summed E-state index contributed by atoms with van der Waals surface area (Å²) in [6.07, 6.45) is -8.23. The number of halogens is 25. The van der Waals surface area contributed by atoms with Crippen molar-refractivity contribution in [3.63, 3.8) is 0 Å². The highest BCUT2D eigenvalue weighted by Crippen LogP contribution is 2.67. The number of rotatable bonds is 14. The Morgan fingerprint density at radius 1 is 0.386 bits per heavy atom. The van der Waals surface area contributed by atoms with Crippen LogP contribution >= 0.6 is 0 Å². The highest BCUT2D eigenvalue weighted by atomic mass is 32.2. The molecule has 0 spiro atoms. The molecule has 266 valence electrons. The van der Waals surface area contributed by atoms with E-state index in [9.17, 15) is 118 Å². The van der Waals surface area contributed by atoms with Gasteiger partial charge in [0.1, 0.15) is 0 Å². The topological polar surface area (TPSA) is 66.4 Å². The Morgan fingerprint density at radius 3 is 0.795 bits per heavy atom. The highest BCUT2D eigenvalue weighted by molar-refractivity contribution is 7.90. The largest absolute Gasteiger partial charge is 0.460 e. The number of nitrogens with one attached hydrogen (secondary N) is 1. The molecule has 0 atom stereocenters. The van der Waals surface area contributed by atoms with Gasteiger partial charge in [0, 0.05) is 6.54 Å². The van der Waals surface area contributed by atoms with Crippen LogP contribution in [-0.2, 0) is 10.0 Å². The number of hydrogen-bond acceptors (Lipinski definition) is 3. The molecule has 2 N–H and O–H groups in total. The van der Waals surface area contributed by atoms with E-state index in [4.69, 9.17) is 5.11 Å². The van der Waals surface area contributed by atoms with Crippen molar-refractivity contribution in [3.05, 3.63) is 0 Å². The molecule has 0 saturated carbocycles. The molecule has 0 rings (SSSR count). The van der Waals surface area contributed by atoms with Crippen LogP contribution in [0.2, 0.25) is 0 Å². The maximum atomic E-state index is 13.7. The first kappa shape index (κ1) is 42.1. The van der Waals surface area contributed by atoms with E-state index in [0.29, 0.717) is 0 Å². The van der Waals surface area contributed by atoms with E-state index in [1.54, 1.807) is 0 Å². The number of aliphatic hydroxyl groups is 1. The molecule has 0 bridgehead atoms. The first-order valence-corrected chi connectivity index (χ1v) is 10.9. The summed E-state index contributed by atoms with van der Waals surface area (Å²) in [7, 11) is -7.67. The zero-order valence-electron chi connectivity index (χ0n) is 19.0. The van der Waals surface area contributed by atoms with Crippen LogP contribution < -0.4 is 4.72 Å². The quantitative estimate of drug-likeness (QED) is 0.203. The second-order valence-electron chi connectivity index (χ2n) is 7.88. The minimum atomic E-state index is -9.75. The third-order valence-electron chi connectivity index (χ3n) is 5.01. The molecule has 0 heterocycles. The fourth-order valence-electron chi connectivity index (χ4n) is 2.38. The van der Waals surface area contributed by atoms with Gasteiger partial charge in [-0.3, -0.25) is 0 Å². The van der Waals surface area contributed by atoms with Crippen LogP contribution in [0.1, 0.15) is 0 Å². The van der Waals surface area contributed by atoms with Gasteiger partial charge in [0.05, 0.1) is 6.61 Å². The fraction of sp³-hybridized carbons (Fsp3) is 1.00. The monoisotopic (exact) mass is 743 g/mol. The smallest absolute Gasteiger partial charge is 0.395 e. The first-order chi connectivity index (χ1) is 18.6. The standard InChI is InChI=1S/C14H6F25NO3S/c15-3(16,5(19,20)7(23,24)9(27,28)11(31,32)13(35,36)37)4(17,18)6(21,22)8(25,26)10(29,30)12(33,34)14(38,39)44(42,43)40-1-2-41/h40-41H,1-2H2. The minimum Gasteiger partial charge on any atom is -0.395 e. The van der Waals surface area contributed by atoms with Gasteiger partial charge in [-0.05, 0) is 0 Å². The van der Waals surface area contributed by atoms with Crippen LogP contribution in [0.4, 0.5) is 110 Å². The second kappa shape index (κ2) is 10.6. The van der Waals surface area contributed by atoms with Gasteiger partial charge in [-0.25, -0.2) is 13.1 Å². The van der Waals surface area contributed by atoms with Gasteiger partial charge < -0.3 is 5.11 Å². The van der Waals surface area contributed by atoms with Crippen molar-refractivity contribution in [2.75, 3.05) is 13.2 Å². The molecule has 0 fully saturated rings. The summed E-state index contributed by atoms with van der Waals surface area (Å²) in [5.74, 6) is -93.7. The van der Waals surface area contributed by atoms with Crippen LogP contribution in [0, 0.1) is 0 Å². The normalized spacial score (nSPS) is 16.9. The predicted octanol–water partition coefficient (Wildman–Crippen LogP) is 6.41. The van der Waals surface area contributed by atoms with Crippen LogP contribution in [0.3, 0.4) is 0 Å². The molecule has 4 nitrogen and oxygen atoms in total. The molecular weight excluding hydrogens is 737 g/mol. The number of aliphatic hydroxyl groups excluding tert-OH is 1. The van der Waals surface area contributed by atoms with Crippen molar-refractivity contribution in [1.82, 2.24) is 4.72 Å². The summed E-state index contributed by atoms with van der Waals surface area (Å²) in [5, 5.41) is 0.189. The average molecular weight is 743 g/mol. The lowest BCUT2D eigenvalue weighted by atomic mass is 9.85. The van der Waals surface area contributed by atoms with Crippen molar-refractivity contribution in [1.29, 1.82) is 0 Å². The highest BCUT2D eigenvalue weighted by Gasteiger charge is 3.00. The Morgan fingerprint density at radius 2 is 0.591 bits per heavy atom. The molecular formula is C14H6F25NO3S. The van der Waals surface area contributed by atoms with Crippen molar-refractivity contribution in [3.8, 4) is 0 Å². The Labute approximate surface area is 223 Å². The van der Waals surface area contributed by atoms with Crippen molar-refractivity contribution >= 4 is 10.0 Å². The molecule has 0 aliphatic heterocycles. The third kappa shape index (κ3) is 4.97. The lowest BCUT2D eigenvalue weighted by molar-refractivity contribution is -0.480. The van der Waals surface area contributed by atoms with Gasteiger partial charge in [0.25, 0.3) is 10.0 Å². The van der Waals surface area contributed by atoms with E-state index in [-0.39, 0.29) is 4.72 Å². The fourth-order valence-corrected chi connectivity index (χ4v) is 3.38. The van der Waals surface area contributed by atoms with Gasteiger partial charge in [0.15, 0.2) is 0 Å². The lowest BCUT2D eigenvalue weighted by Crippen LogP contribution is -2.78. The molecule has 0 aromatic carbocycles. The van der Waals surface area contributed by atoms with E-state index >= 15 is 0 Å². The Bertz CT molecular complexity index is 1160. The summed E-state index contributed by atoms with van der Waals surface area (Å²) in [6.45, 7) is -3.67. The Hall–Kier alpha value is -1.88. The van der Waals surface area contributed by atoms with Gasteiger partial charge in [-0.1, -0.05) is 0 Å². The zero-order valence-corrected chi connectivity index (χ0v) is 19.9. The number of alkyl halides is 25. The van der Waals surface area contributed by atoms with E-state index in [0.717, 1.165) is 0 Å². The molecule has 0 amide bonds. The Kier molecular flexibility index (Phi) is 10.1. The molecule has 30 heteroatoms. The number of hydrogen-bond donors (Lipinski definition) is 2. The van der Waals surface area contributed by atoms with E-state index in [1.807, 2.05) is 0 Å². The Balaban J connectivity index is 7.43. The molecule has 0 saturated heterocycles. The zero-order chi connectivity index (χ0) is 36.6. The third-order valence-corrected chi connectivity index (χ3v) is 6.53. The van der Waals surface area contributed by atoms with Crippen LogP contribution in [0.25, 0.3) is 0 Å². The molecule has 0 aliphatic rings. The van der Waals surface area contributed by atoms with Crippen molar-refractivity contribution in [2.24, 2.45) is 0 Å². The molecule has 0 unspecified atom stereocenters. The summed E-state index contributed by atoms with van der Waals surface area (Å²) in [5.41, 5.74) is 0. The van der Waals surface area contributed by atoms with Crippen molar-refractivity contribution in [2.45, 2.75) is 70.7 Å². The van der Waals surface area contributed by atoms with Crippen LogP contribution in [-0.4, -0.2) is 97.3 Å². The molecule has 0 aromatic rings. The van der Waals surface area contributed by atoms with Crippen molar-refractivity contribution < 1.29 is 123 Å². The summed E-state index contributed by atoms with van der Waals surface area (Å²) >= 11 is 0. The molecule has 0 radical (unpaired) electrons. The second-order valence-corrected chi connectivity index (χ2v) is 9.69. The summed E-state index contributed by atoms with van der Waals surface area (Å²) in [4.78, 5) is 0. The molecule has 44 heavy (non-hydrogen) atoms. The van der Waals surface area contributed by atoms with E-state index in [2.05, 4.69) is 0 Å². The van der Waals surface area contributed by atoms with Gasteiger partial charge in [-0.2, -0.15) is 110 Å². The number of sulfonamides is 1. The maximum Gasteiger partial charge on any atom is 0.460 e. The SMILES string of the molecule is O=S(=O)(NCCO)C(F)(F)C(F)(F)C(F)(F)C(F)(F)C(F)(F)C(F)(F)C(F)(F)C(F)(F)C(F)(F)C(F)(F)C(F)(F)C(F)(F)F.